The Bertz CT molecular complexity index is 294. The Balaban J connectivity index is 2.50. The highest BCUT2D eigenvalue weighted by Crippen LogP contribution is 2.25. The van der Waals surface area contributed by atoms with Crippen molar-refractivity contribution in [1.82, 2.24) is 4.98 Å². The summed E-state index contributed by atoms with van der Waals surface area (Å²) in [5.74, 6) is 0. The van der Waals surface area contributed by atoms with Gasteiger partial charge in [-0.1, -0.05) is 0 Å². The largest absolute Gasteiger partial charge is 0.650 e. The van der Waals surface area contributed by atoms with Crippen molar-refractivity contribution in [3.05, 3.63) is 29.8 Å². The van der Waals surface area contributed by atoms with E-state index in [-0.39, 0.29) is 0 Å². The molecule has 2 N–H and O–H groups in total. The van der Waals surface area contributed by atoms with E-state index >= 15 is 0 Å². The predicted molar refractivity (Wildman–Crippen MR) is 43.4 cm³/mol. The number of hydrogen-bond donors (Lipinski definition) is 1. The van der Waals surface area contributed by atoms with E-state index in [1.54, 1.807) is 6.20 Å². The fraction of sp³-hybridized carbons (Fsp3) is 0.143. The van der Waals surface area contributed by atoms with E-state index < -0.39 is 6.17 Å². The summed E-state index contributed by atoms with van der Waals surface area (Å²) in [6.07, 6.45) is 2.64. The molecule has 0 bridgehead atoms. The van der Waals surface area contributed by atoms with E-state index in [1.807, 2.05) is 12.1 Å². The molecule has 2 heterocycles. The third-order valence-electron chi connectivity index (χ3n) is 1.54. The predicted octanol–water partition coefficient (Wildman–Crippen LogP) is 1.59. The van der Waals surface area contributed by atoms with Gasteiger partial charge in [-0.3, -0.25) is 9.98 Å². The molecule has 0 saturated heterocycles. The molecule has 4 nitrogen and oxygen atoms in total. The van der Waals surface area contributed by atoms with E-state index in [0.29, 0.717) is 5.69 Å². The van der Waals surface area contributed by atoms with Crippen molar-refractivity contribution in [3.8, 4) is 0 Å². The standard InChI is InChI=1S/C7H7N4/c8-7-6-5(10-4-11-7)2-1-3-9-6/h1-4,7-8H,(H,10,11)/q-1. The fourth-order valence-corrected chi connectivity index (χ4v) is 1.01. The molecule has 1 atom stereocenters. The van der Waals surface area contributed by atoms with E-state index in [0.717, 1.165) is 5.69 Å². The molecular weight excluding hydrogens is 140 g/mol. The van der Waals surface area contributed by atoms with E-state index in [4.69, 9.17) is 5.73 Å². The quantitative estimate of drug-likeness (QED) is 0.605. The van der Waals surface area contributed by atoms with Gasteiger partial charge in [0, 0.05) is 12.4 Å². The second-order valence-electron chi connectivity index (χ2n) is 2.26. The first-order valence-electron chi connectivity index (χ1n) is 3.32. The van der Waals surface area contributed by atoms with Crippen LogP contribution >= 0.6 is 0 Å². The van der Waals surface area contributed by atoms with Crippen molar-refractivity contribution < 1.29 is 0 Å². The number of rotatable bonds is 0. The molecule has 0 radical (unpaired) electrons. The second kappa shape index (κ2) is 2.32. The molecule has 11 heavy (non-hydrogen) atoms. The summed E-state index contributed by atoms with van der Waals surface area (Å²) in [6.45, 7) is 0. The highest BCUT2D eigenvalue weighted by molar-refractivity contribution is 5.79. The Morgan fingerprint density at radius 3 is 3.27 bits per heavy atom. The van der Waals surface area contributed by atoms with Gasteiger partial charge in [0.1, 0.15) is 0 Å². The highest BCUT2D eigenvalue weighted by atomic mass is 15.1. The molecule has 0 saturated carbocycles. The maximum Gasteiger partial charge on any atom is 0.0854 e. The summed E-state index contributed by atoms with van der Waals surface area (Å²) >= 11 is 0. The van der Waals surface area contributed by atoms with Crippen LogP contribution in [-0.4, -0.2) is 11.3 Å². The van der Waals surface area contributed by atoms with Gasteiger partial charge < -0.3 is 11.1 Å². The number of nitrogens with zero attached hydrogens (tertiary/aromatic N) is 2. The maximum atomic E-state index is 7.45. The molecule has 0 amide bonds. The average molecular weight is 147 g/mol. The van der Waals surface area contributed by atoms with Gasteiger partial charge in [-0.25, -0.2) is 0 Å². The molecule has 56 valence electrons. The summed E-state index contributed by atoms with van der Waals surface area (Å²) in [6, 6.07) is 3.72. The second-order valence-corrected chi connectivity index (χ2v) is 2.26. The molecule has 1 unspecified atom stereocenters. The normalized spacial score (nSPS) is 20.6. The van der Waals surface area contributed by atoms with Gasteiger partial charge in [0.2, 0.25) is 0 Å². The number of nitrogens with one attached hydrogen (secondary N) is 2. The molecule has 1 aromatic heterocycles. The van der Waals surface area contributed by atoms with Gasteiger partial charge in [-0.2, -0.15) is 0 Å². The number of fused-ring (bicyclic) bond motifs is 1. The lowest BCUT2D eigenvalue weighted by atomic mass is 10.2. The first-order chi connectivity index (χ1) is 5.38. The van der Waals surface area contributed by atoms with E-state index in [1.165, 1.54) is 6.34 Å². The molecule has 1 aliphatic rings. The van der Waals surface area contributed by atoms with Gasteiger partial charge in [0.05, 0.1) is 17.7 Å². The molecular formula is C7H7N4-. The lowest BCUT2D eigenvalue weighted by molar-refractivity contribution is 0.865. The molecule has 1 aromatic rings. The third-order valence-corrected chi connectivity index (χ3v) is 1.54. The zero-order valence-corrected chi connectivity index (χ0v) is 5.78. The van der Waals surface area contributed by atoms with Crippen LogP contribution in [0.15, 0.2) is 23.3 Å². The van der Waals surface area contributed by atoms with Crippen molar-refractivity contribution in [1.29, 1.82) is 0 Å². The minimum Gasteiger partial charge on any atom is -0.650 e. The Morgan fingerprint density at radius 1 is 1.55 bits per heavy atom. The van der Waals surface area contributed by atoms with Gasteiger partial charge in [0.15, 0.2) is 0 Å². The van der Waals surface area contributed by atoms with Crippen molar-refractivity contribution in [2.24, 2.45) is 4.99 Å². The highest BCUT2D eigenvalue weighted by Gasteiger charge is 2.07. The Labute approximate surface area is 64.2 Å². The van der Waals surface area contributed by atoms with E-state index in [9.17, 15) is 0 Å². The minimum absolute atomic E-state index is 0.563. The van der Waals surface area contributed by atoms with Crippen LogP contribution < -0.4 is 5.32 Å². The van der Waals surface area contributed by atoms with Gasteiger partial charge in [0.25, 0.3) is 0 Å². The van der Waals surface area contributed by atoms with Gasteiger partial charge >= 0.3 is 0 Å². The van der Waals surface area contributed by atoms with Crippen molar-refractivity contribution >= 4 is 12.0 Å². The zero-order chi connectivity index (χ0) is 7.68. The van der Waals surface area contributed by atoms with Crippen LogP contribution in [0.1, 0.15) is 11.9 Å². The molecule has 0 aromatic carbocycles. The minimum atomic E-state index is -0.563. The molecule has 0 spiro atoms. The summed E-state index contributed by atoms with van der Waals surface area (Å²) in [4.78, 5) is 7.88. The fourth-order valence-electron chi connectivity index (χ4n) is 1.01. The Morgan fingerprint density at radius 2 is 2.45 bits per heavy atom. The SMILES string of the molecule is [NH-]C1N=CNc2cccnc21. The topological polar surface area (TPSA) is 61.1 Å². The molecule has 0 fully saturated rings. The third kappa shape index (κ3) is 0.969. The number of aliphatic imine (C=N–C) groups is 1. The first kappa shape index (κ1) is 6.30. The van der Waals surface area contributed by atoms with E-state index in [2.05, 4.69) is 15.3 Å². The molecule has 1 aliphatic heterocycles. The van der Waals surface area contributed by atoms with Crippen LogP contribution in [0, 0.1) is 0 Å². The summed E-state index contributed by atoms with van der Waals surface area (Å²) in [7, 11) is 0. The number of aromatic nitrogens is 1. The number of hydrogen-bond acceptors (Lipinski definition) is 3. The van der Waals surface area contributed by atoms with Crippen molar-refractivity contribution in [2.75, 3.05) is 5.32 Å². The lowest BCUT2D eigenvalue weighted by Crippen LogP contribution is -2.08. The van der Waals surface area contributed by atoms with Crippen molar-refractivity contribution in [2.45, 2.75) is 6.17 Å². The van der Waals surface area contributed by atoms with Gasteiger partial charge in [-0.05, 0) is 12.1 Å². The monoisotopic (exact) mass is 147 g/mol. The summed E-state index contributed by atoms with van der Waals surface area (Å²) < 4.78 is 0. The van der Waals surface area contributed by atoms with Crippen LogP contribution in [0.25, 0.3) is 5.73 Å². The number of anilines is 1. The summed E-state index contributed by atoms with van der Waals surface area (Å²) in [5.41, 5.74) is 9.02. The van der Waals surface area contributed by atoms with Crippen molar-refractivity contribution in [3.63, 3.8) is 0 Å². The summed E-state index contributed by atoms with van der Waals surface area (Å²) in [5, 5.41) is 2.92. The average Bonchev–Trinajstić information content (AvgIpc) is 2.06. The Kier molecular flexibility index (Phi) is 1.33. The number of pyridine rings is 1. The maximum absolute atomic E-state index is 7.45. The van der Waals surface area contributed by atoms with Crippen LogP contribution in [0.5, 0.6) is 0 Å². The lowest BCUT2D eigenvalue weighted by Gasteiger charge is -2.21. The van der Waals surface area contributed by atoms with Crippen LogP contribution in [0.4, 0.5) is 5.69 Å². The zero-order valence-electron chi connectivity index (χ0n) is 5.78. The van der Waals surface area contributed by atoms with Crippen LogP contribution in [0.2, 0.25) is 0 Å². The molecule has 2 rings (SSSR count). The van der Waals surface area contributed by atoms with Crippen LogP contribution in [0.3, 0.4) is 0 Å². The van der Waals surface area contributed by atoms with Gasteiger partial charge in [-0.15, -0.1) is 0 Å². The Hall–Kier alpha value is -1.42. The smallest absolute Gasteiger partial charge is 0.0854 e. The molecule has 4 heteroatoms. The first-order valence-corrected chi connectivity index (χ1v) is 3.32. The molecule has 0 aliphatic carbocycles. The van der Waals surface area contributed by atoms with Crippen LogP contribution in [-0.2, 0) is 0 Å².